The summed E-state index contributed by atoms with van der Waals surface area (Å²) in [6.07, 6.45) is 1.74. The molecule has 0 saturated carbocycles. The summed E-state index contributed by atoms with van der Waals surface area (Å²) in [4.78, 5) is 12.3. The van der Waals surface area contributed by atoms with E-state index in [0.29, 0.717) is 11.4 Å². The van der Waals surface area contributed by atoms with Gasteiger partial charge in [-0.05, 0) is 36.4 Å². The zero-order valence-corrected chi connectivity index (χ0v) is 13.5. The van der Waals surface area contributed by atoms with Gasteiger partial charge in [0.2, 0.25) is 10.0 Å². The number of hydrogen-bond donors (Lipinski definition) is 0. The molecule has 0 aliphatic heterocycles. The maximum atomic E-state index is 12.4. The number of Topliss-reactive ketones (excluding diaryl/α,β-unsaturated/α-hetero) is 1. The Bertz CT molecular complexity index is 763. The molecule has 0 aliphatic carbocycles. The number of aromatic nitrogens is 1. The minimum Gasteiger partial charge on any atom is -0.497 e. The van der Waals surface area contributed by atoms with E-state index in [0.717, 1.165) is 4.31 Å². The molecular weight excluding hydrogens is 304 g/mol. The second-order valence-corrected chi connectivity index (χ2v) is 6.91. The summed E-state index contributed by atoms with van der Waals surface area (Å²) in [5.74, 6) is 0.313. The molecule has 0 unspecified atom stereocenters. The number of methoxy groups -OCH3 is 1. The van der Waals surface area contributed by atoms with E-state index in [1.54, 1.807) is 42.1 Å². The molecule has 0 amide bonds. The van der Waals surface area contributed by atoms with Crippen molar-refractivity contribution in [3.05, 3.63) is 48.3 Å². The fourth-order valence-electron chi connectivity index (χ4n) is 2.05. The second-order valence-electron chi connectivity index (χ2n) is 4.86. The molecule has 0 N–H and O–H groups in total. The van der Waals surface area contributed by atoms with Gasteiger partial charge in [-0.3, -0.25) is 4.79 Å². The van der Waals surface area contributed by atoms with Gasteiger partial charge in [-0.2, -0.15) is 4.31 Å². The van der Waals surface area contributed by atoms with E-state index in [1.165, 1.54) is 26.3 Å². The molecule has 1 aromatic carbocycles. The highest BCUT2D eigenvalue weighted by molar-refractivity contribution is 7.89. The molecule has 2 aromatic rings. The van der Waals surface area contributed by atoms with Gasteiger partial charge in [0, 0.05) is 20.3 Å². The molecule has 0 fully saturated rings. The van der Waals surface area contributed by atoms with Gasteiger partial charge in [-0.25, -0.2) is 8.42 Å². The lowest BCUT2D eigenvalue weighted by Gasteiger charge is -2.16. The van der Waals surface area contributed by atoms with Crippen molar-refractivity contribution >= 4 is 15.8 Å². The van der Waals surface area contributed by atoms with Crippen molar-refractivity contribution in [2.45, 2.75) is 4.90 Å². The first-order chi connectivity index (χ1) is 10.4. The van der Waals surface area contributed by atoms with Crippen molar-refractivity contribution in [1.82, 2.24) is 8.87 Å². The van der Waals surface area contributed by atoms with E-state index in [1.807, 2.05) is 0 Å². The van der Waals surface area contributed by atoms with Crippen LogP contribution in [0, 0.1) is 0 Å². The number of nitrogens with zero attached hydrogens (tertiary/aromatic N) is 2. The maximum absolute atomic E-state index is 12.4. The molecule has 6 nitrogen and oxygen atoms in total. The van der Waals surface area contributed by atoms with Crippen molar-refractivity contribution in [3.8, 4) is 5.75 Å². The third-order valence-corrected chi connectivity index (χ3v) is 5.18. The van der Waals surface area contributed by atoms with E-state index >= 15 is 0 Å². The second kappa shape index (κ2) is 6.33. The van der Waals surface area contributed by atoms with E-state index in [-0.39, 0.29) is 17.2 Å². The first kappa shape index (κ1) is 16.3. The highest BCUT2D eigenvalue weighted by atomic mass is 32.2. The van der Waals surface area contributed by atoms with Crippen LogP contribution in [-0.4, -0.2) is 43.8 Å². The molecule has 0 radical (unpaired) electrons. The number of aryl methyl sites for hydroxylation is 1. The first-order valence-corrected chi connectivity index (χ1v) is 8.05. The predicted octanol–water partition coefficient (Wildman–Crippen LogP) is 1.54. The highest BCUT2D eigenvalue weighted by Gasteiger charge is 2.24. The van der Waals surface area contributed by atoms with E-state index < -0.39 is 10.0 Å². The molecule has 1 aromatic heterocycles. The number of rotatable bonds is 6. The van der Waals surface area contributed by atoms with Gasteiger partial charge in [-0.15, -0.1) is 0 Å². The van der Waals surface area contributed by atoms with E-state index in [9.17, 15) is 13.2 Å². The molecule has 118 valence electrons. The van der Waals surface area contributed by atoms with Crippen LogP contribution in [0.5, 0.6) is 5.75 Å². The third kappa shape index (κ3) is 3.20. The Balaban J connectivity index is 2.18. The summed E-state index contributed by atoms with van der Waals surface area (Å²) in [5.41, 5.74) is 0.469. The number of sulfonamides is 1. The normalized spacial score (nSPS) is 11.6. The van der Waals surface area contributed by atoms with Crippen LogP contribution in [-0.2, 0) is 17.1 Å². The van der Waals surface area contributed by atoms with Crippen molar-refractivity contribution < 1.29 is 17.9 Å². The molecule has 0 saturated heterocycles. The topological polar surface area (TPSA) is 68.6 Å². The average molecular weight is 322 g/mol. The van der Waals surface area contributed by atoms with Crippen molar-refractivity contribution in [2.75, 3.05) is 20.7 Å². The molecule has 0 atom stereocenters. The lowest BCUT2D eigenvalue weighted by molar-refractivity contribution is 0.0965. The van der Waals surface area contributed by atoms with Crippen LogP contribution in [0.3, 0.4) is 0 Å². The predicted molar refractivity (Wildman–Crippen MR) is 82.6 cm³/mol. The lowest BCUT2D eigenvalue weighted by Crippen LogP contribution is -2.32. The van der Waals surface area contributed by atoms with Gasteiger partial charge in [0.25, 0.3) is 0 Å². The summed E-state index contributed by atoms with van der Waals surface area (Å²) in [6.45, 7) is -0.216. The number of ketones is 1. The molecule has 7 heteroatoms. The SMILES string of the molecule is COc1ccc(S(=O)(=O)N(C)CC(=O)c2cccn2C)cc1. The Hall–Kier alpha value is -2.12. The first-order valence-electron chi connectivity index (χ1n) is 6.61. The third-order valence-electron chi connectivity index (χ3n) is 3.36. The molecule has 2 rings (SSSR count). The van der Waals surface area contributed by atoms with Crippen LogP contribution in [0.25, 0.3) is 0 Å². The Morgan fingerprint density at radius 3 is 2.36 bits per heavy atom. The van der Waals surface area contributed by atoms with Gasteiger partial charge in [0.1, 0.15) is 5.75 Å². The van der Waals surface area contributed by atoms with E-state index in [2.05, 4.69) is 0 Å². The number of likely N-dealkylation sites (N-methyl/N-ethyl adjacent to an activating group) is 1. The number of benzene rings is 1. The summed E-state index contributed by atoms with van der Waals surface area (Å²) < 4.78 is 32.6. The van der Waals surface area contributed by atoms with Crippen molar-refractivity contribution in [3.63, 3.8) is 0 Å². The monoisotopic (exact) mass is 322 g/mol. The molecule has 0 bridgehead atoms. The van der Waals surface area contributed by atoms with Crippen LogP contribution >= 0.6 is 0 Å². The molecule has 22 heavy (non-hydrogen) atoms. The molecule has 0 spiro atoms. The highest BCUT2D eigenvalue weighted by Crippen LogP contribution is 2.18. The largest absolute Gasteiger partial charge is 0.497 e. The number of ether oxygens (including phenoxy) is 1. The molecular formula is C15H18N2O4S. The van der Waals surface area contributed by atoms with Crippen LogP contribution in [0.4, 0.5) is 0 Å². The average Bonchev–Trinajstić information content (AvgIpc) is 2.93. The number of hydrogen-bond acceptors (Lipinski definition) is 4. The fraction of sp³-hybridized carbons (Fsp3) is 0.267. The quantitative estimate of drug-likeness (QED) is 0.757. The summed E-state index contributed by atoms with van der Waals surface area (Å²) in [7, 11) is 0.923. The van der Waals surface area contributed by atoms with Gasteiger partial charge in [0.05, 0.1) is 24.2 Å². The van der Waals surface area contributed by atoms with Gasteiger partial charge in [-0.1, -0.05) is 0 Å². The van der Waals surface area contributed by atoms with Gasteiger partial charge in [0.15, 0.2) is 5.78 Å². The zero-order chi connectivity index (χ0) is 16.3. The minimum atomic E-state index is -3.72. The lowest BCUT2D eigenvalue weighted by atomic mass is 10.3. The van der Waals surface area contributed by atoms with Crippen LogP contribution < -0.4 is 4.74 Å². The van der Waals surface area contributed by atoms with Crippen LogP contribution in [0.1, 0.15) is 10.5 Å². The minimum absolute atomic E-state index is 0.121. The van der Waals surface area contributed by atoms with E-state index in [4.69, 9.17) is 4.74 Å². The summed E-state index contributed by atoms with van der Waals surface area (Å²) in [6, 6.07) is 9.45. The van der Waals surface area contributed by atoms with Gasteiger partial charge < -0.3 is 9.30 Å². The van der Waals surface area contributed by atoms with Gasteiger partial charge >= 0.3 is 0 Å². The Kier molecular flexibility index (Phi) is 4.68. The van der Waals surface area contributed by atoms with Crippen molar-refractivity contribution in [1.29, 1.82) is 0 Å². The fourth-order valence-corrected chi connectivity index (χ4v) is 3.17. The van der Waals surface area contributed by atoms with Crippen molar-refractivity contribution in [2.24, 2.45) is 7.05 Å². The summed E-state index contributed by atoms with van der Waals surface area (Å²) >= 11 is 0. The Labute approximate surface area is 130 Å². The Morgan fingerprint density at radius 1 is 1.23 bits per heavy atom. The smallest absolute Gasteiger partial charge is 0.243 e. The zero-order valence-electron chi connectivity index (χ0n) is 12.7. The van der Waals surface area contributed by atoms with Crippen LogP contribution in [0.2, 0.25) is 0 Å². The maximum Gasteiger partial charge on any atom is 0.243 e. The van der Waals surface area contributed by atoms with Crippen LogP contribution in [0.15, 0.2) is 47.5 Å². The molecule has 1 heterocycles. The number of carbonyl (C=O) groups is 1. The standard InChI is InChI=1S/C15H18N2O4S/c1-16-10-4-5-14(16)15(18)11-17(2)22(19,20)13-8-6-12(21-3)7-9-13/h4-10H,11H2,1-3H3. The number of carbonyl (C=O) groups excluding carboxylic acids is 1. The molecule has 0 aliphatic rings. The Morgan fingerprint density at radius 2 is 1.86 bits per heavy atom. The summed E-state index contributed by atoms with van der Waals surface area (Å²) in [5, 5.41) is 0.